The van der Waals surface area contributed by atoms with Gasteiger partial charge in [-0.3, -0.25) is 0 Å². The van der Waals surface area contributed by atoms with Crippen LogP contribution in [-0.2, 0) is 11.4 Å². The summed E-state index contributed by atoms with van der Waals surface area (Å²) in [6, 6.07) is 12.9. The zero-order chi connectivity index (χ0) is 19.7. The zero-order valence-electron chi connectivity index (χ0n) is 15.6. The third kappa shape index (κ3) is 3.74. The van der Waals surface area contributed by atoms with Crippen molar-refractivity contribution in [3.63, 3.8) is 0 Å². The van der Waals surface area contributed by atoms with Gasteiger partial charge >= 0.3 is 0 Å². The molecule has 1 atom stereocenters. The van der Waals surface area contributed by atoms with E-state index >= 15 is 0 Å². The van der Waals surface area contributed by atoms with Crippen LogP contribution >= 0.6 is 0 Å². The molecule has 1 aliphatic rings. The molecule has 0 amide bonds. The highest BCUT2D eigenvalue weighted by molar-refractivity contribution is 7.90. The predicted molar refractivity (Wildman–Crippen MR) is 109 cm³/mol. The molecule has 28 heavy (non-hydrogen) atoms. The molecule has 2 heterocycles. The first-order valence-electron chi connectivity index (χ1n) is 9.43. The van der Waals surface area contributed by atoms with Crippen molar-refractivity contribution in [2.75, 3.05) is 18.4 Å². The van der Waals surface area contributed by atoms with Gasteiger partial charge in [0, 0.05) is 17.1 Å². The van der Waals surface area contributed by atoms with Crippen LogP contribution in [0.5, 0.6) is 0 Å². The van der Waals surface area contributed by atoms with Gasteiger partial charge in [-0.05, 0) is 57.1 Å². The molecular formula is C21H23F2N3OS. The summed E-state index contributed by atoms with van der Waals surface area (Å²) in [4.78, 5) is 0.583. The fourth-order valence-corrected chi connectivity index (χ4v) is 4.80. The first-order chi connectivity index (χ1) is 13.5. The first kappa shape index (κ1) is 19.2. The summed E-state index contributed by atoms with van der Waals surface area (Å²) in [5.74, 6) is 0. The molecule has 0 saturated carbocycles. The molecule has 4 nitrogen and oxygen atoms in total. The number of halogens is 2. The van der Waals surface area contributed by atoms with E-state index in [1.807, 2.05) is 31.2 Å². The van der Waals surface area contributed by atoms with Crippen molar-refractivity contribution in [1.82, 2.24) is 9.29 Å². The average molecular weight is 403 g/mol. The van der Waals surface area contributed by atoms with Crippen molar-refractivity contribution >= 4 is 28.0 Å². The Morgan fingerprint density at radius 1 is 1.14 bits per heavy atom. The van der Waals surface area contributed by atoms with Crippen LogP contribution in [0.15, 0.2) is 53.6 Å². The summed E-state index contributed by atoms with van der Waals surface area (Å²) >= 11 is -1.59. The number of piperidine rings is 1. The molecule has 2 N–H and O–H groups in total. The maximum absolute atomic E-state index is 13.8. The largest absolute Gasteiger partial charge is 0.587 e. The Hall–Kier alpha value is -2.09. The summed E-state index contributed by atoms with van der Waals surface area (Å²) in [7, 11) is 0. The molecule has 2 aromatic carbocycles. The number of nitrogens with zero attached hydrogens (tertiary/aromatic N) is 1. The minimum Gasteiger partial charge on any atom is -0.587 e. The van der Waals surface area contributed by atoms with Crippen molar-refractivity contribution < 1.29 is 13.3 Å². The number of hydrogen-bond acceptors (Lipinski definition) is 3. The van der Waals surface area contributed by atoms with Crippen molar-refractivity contribution in [2.24, 2.45) is 0 Å². The lowest BCUT2D eigenvalue weighted by molar-refractivity contribution is 0.153. The van der Waals surface area contributed by atoms with Crippen molar-refractivity contribution in [3.8, 4) is 0 Å². The Morgan fingerprint density at radius 3 is 2.54 bits per heavy atom. The quantitative estimate of drug-likeness (QED) is 0.611. The summed E-state index contributed by atoms with van der Waals surface area (Å²) in [5.41, 5.74) is 2.19. The van der Waals surface area contributed by atoms with Crippen molar-refractivity contribution in [1.29, 1.82) is 0 Å². The van der Waals surface area contributed by atoms with E-state index in [1.165, 1.54) is 10.2 Å². The third-order valence-corrected chi connectivity index (χ3v) is 6.49. The topological polar surface area (TPSA) is 52.0 Å². The minimum absolute atomic E-state index is 0.0903. The van der Waals surface area contributed by atoms with Gasteiger partial charge in [-0.2, -0.15) is 3.97 Å². The van der Waals surface area contributed by atoms with Gasteiger partial charge in [0.05, 0.1) is 11.8 Å². The standard InChI is InChI=1S/C21H23F2N3OS/c1-14-5-7-16(8-6-14)28(27)26-13-17(21(22)23)20-18(3-2-4-19(20)26)25-15-9-11-24-12-10-15/h2-8,13,15,21,24-25H,9-12H2,1H3. The fourth-order valence-electron chi connectivity index (χ4n) is 3.66. The van der Waals surface area contributed by atoms with Crippen molar-refractivity contribution in [3.05, 3.63) is 59.8 Å². The summed E-state index contributed by atoms with van der Waals surface area (Å²) < 4.78 is 42.2. The van der Waals surface area contributed by atoms with Crippen LogP contribution in [0.2, 0.25) is 0 Å². The molecule has 1 fully saturated rings. The van der Waals surface area contributed by atoms with Gasteiger partial charge in [0.2, 0.25) is 0 Å². The smallest absolute Gasteiger partial charge is 0.266 e. The lowest BCUT2D eigenvalue weighted by Gasteiger charge is -2.25. The summed E-state index contributed by atoms with van der Waals surface area (Å²) in [6.07, 6.45) is 0.570. The monoisotopic (exact) mass is 403 g/mol. The van der Waals surface area contributed by atoms with Gasteiger partial charge in [-0.1, -0.05) is 23.8 Å². The van der Waals surface area contributed by atoms with Gasteiger partial charge in [0.1, 0.15) is 16.9 Å². The van der Waals surface area contributed by atoms with Crippen LogP contribution in [0.3, 0.4) is 0 Å². The number of nitrogens with one attached hydrogen (secondary N) is 2. The Kier molecular flexibility index (Phi) is 5.57. The number of anilines is 1. The summed E-state index contributed by atoms with van der Waals surface area (Å²) in [6.45, 7) is 3.77. The maximum atomic E-state index is 13.8. The molecule has 0 radical (unpaired) electrons. The van der Waals surface area contributed by atoms with E-state index in [0.29, 0.717) is 21.5 Å². The van der Waals surface area contributed by atoms with E-state index < -0.39 is 17.8 Å². The van der Waals surface area contributed by atoms with Gasteiger partial charge in [0.25, 0.3) is 6.43 Å². The number of rotatable bonds is 5. The molecule has 1 aliphatic heterocycles. The van der Waals surface area contributed by atoms with E-state index in [1.54, 1.807) is 18.2 Å². The number of benzene rings is 2. The van der Waals surface area contributed by atoms with Gasteiger partial charge in [0.15, 0.2) is 4.90 Å². The number of hydrogen-bond donors (Lipinski definition) is 2. The van der Waals surface area contributed by atoms with Crippen LogP contribution in [0.1, 0.15) is 30.4 Å². The molecule has 0 spiro atoms. The van der Waals surface area contributed by atoms with Crippen LogP contribution in [0, 0.1) is 6.92 Å². The van der Waals surface area contributed by atoms with Gasteiger partial charge < -0.3 is 15.2 Å². The van der Waals surface area contributed by atoms with E-state index in [2.05, 4.69) is 10.6 Å². The SMILES string of the molecule is Cc1ccc([S+]([O-])n2cc(C(F)F)c3c(NC4CCNCC4)cccc32)cc1. The number of aryl methyl sites for hydroxylation is 1. The van der Waals surface area contributed by atoms with E-state index in [4.69, 9.17) is 0 Å². The second kappa shape index (κ2) is 8.11. The first-order valence-corrected chi connectivity index (χ1v) is 10.5. The molecule has 0 bridgehead atoms. The third-order valence-electron chi connectivity index (χ3n) is 5.16. The van der Waals surface area contributed by atoms with E-state index in [-0.39, 0.29) is 11.6 Å². The molecule has 1 aromatic heterocycles. The minimum atomic E-state index is -2.64. The predicted octanol–water partition coefficient (Wildman–Crippen LogP) is 4.62. The highest BCUT2D eigenvalue weighted by atomic mass is 32.2. The molecule has 0 aliphatic carbocycles. The molecular weight excluding hydrogens is 380 g/mol. The maximum Gasteiger partial charge on any atom is 0.266 e. The van der Waals surface area contributed by atoms with Crippen LogP contribution in [0.25, 0.3) is 10.9 Å². The molecule has 3 aromatic rings. The highest BCUT2D eigenvalue weighted by Gasteiger charge is 2.26. The van der Waals surface area contributed by atoms with E-state index in [0.717, 1.165) is 31.5 Å². The van der Waals surface area contributed by atoms with Crippen LogP contribution < -0.4 is 10.6 Å². The molecule has 4 rings (SSSR count). The fraction of sp³-hybridized carbons (Fsp3) is 0.333. The lowest BCUT2D eigenvalue weighted by Crippen LogP contribution is -2.35. The molecule has 1 saturated heterocycles. The average Bonchev–Trinajstić information content (AvgIpc) is 3.10. The second-order valence-corrected chi connectivity index (χ2v) is 8.50. The Balaban J connectivity index is 1.77. The Bertz CT molecular complexity index is 952. The Labute approximate surface area is 166 Å². The lowest BCUT2D eigenvalue weighted by atomic mass is 10.0. The molecule has 1 unspecified atom stereocenters. The second-order valence-electron chi connectivity index (χ2n) is 7.14. The number of aromatic nitrogens is 1. The zero-order valence-corrected chi connectivity index (χ0v) is 16.4. The van der Waals surface area contributed by atoms with Crippen LogP contribution in [0.4, 0.5) is 14.5 Å². The van der Waals surface area contributed by atoms with Gasteiger partial charge in [-0.15, -0.1) is 0 Å². The normalized spacial score (nSPS) is 16.6. The van der Waals surface area contributed by atoms with Crippen molar-refractivity contribution in [2.45, 2.75) is 37.1 Å². The van der Waals surface area contributed by atoms with Gasteiger partial charge in [-0.25, -0.2) is 8.78 Å². The molecule has 148 valence electrons. The highest BCUT2D eigenvalue weighted by Crippen LogP contribution is 2.37. The van der Waals surface area contributed by atoms with E-state index in [9.17, 15) is 13.3 Å². The number of fused-ring (bicyclic) bond motifs is 1. The van der Waals surface area contributed by atoms with Crippen LogP contribution in [-0.4, -0.2) is 27.7 Å². The Morgan fingerprint density at radius 2 is 1.86 bits per heavy atom. The number of alkyl halides is 2. The molecule has 7 heteroatoms. The summed E-state index contributed by atoms with van der Waals surface area (Å²) in [5, 5.41) is 7.19.